The maximum atomic E-state index is 12.4. The van der Waals surface area contributed by atoms with E-state index in [9.17, 15) is 9.59 Å². The van der Waals surface area contributed by atoms with Crippen LogP contribution >= 0.6 is 0 Å². The van der Waals surface area contributed by atoms with Crippen LogP contribution in [0.4, 0.5) is 10.5 Å². The molecule has 0 aromatic heterocycles. The molecule has 1 aromatic rings. The van der Waals surface area contributed by atoms with Crippen molar-refractivity contribution in [3.8, 4) is 0 Å². The number of hydrogen-bond donors (Lipinski definition) is 3. The Morgan fingerprint density at radius 1 is 0.964 bits per heavy atom. The molecule has 0 radical (unpaired) electrons. The number of fused-ring (bicyclic) bond motifs is 1. The number of urea groups is 1. The van der Waals surface area contributed by atoms with Crippen molar-refractivity contribution in [2.75, 3.05) is 11.9 Å². The quantitative estimate of drug-likeness (QED) is 0.727. The van der Waals surface area contributed by atoms with Crippen molar-refractivity contribution < 1.29 is 9.59 Å². The highest BCUT2D eigenvalue weighted by Crippen LogP contribution is 2.55. The zero-order chi connectivity index (χ0) is 19.1. The monoisotopic (exact) mass is 381 g/mol. The molecule has 5 heteroatoms. The van der Waals surface area contributed by atoms with E-state index < -0.39 is 0 Å². The number of hydrogen-bond acceptors (Lipinski definition) is 2. The Bertz CT molecular complexity index is 753. The summed E-state index contributed by atoms with van der Waals surface area (Å²) in [5, 5.41) is 9.16. The Balaban J connectivity index is 1.07. The van der Waals surface area contributed by atoms with E-state index >= 15 is 0 Å². The SMILES string of the molecule is O=C(CCNC(=O)NC12CC3CC(CC(C3)C1)C2)Nc1ccc2c(c1)CCC2. The number of carbonyl (C=O) groups excluding carboxylic acids is 2. The zero-order valence-corrected chi connectivity index (χ0v) is 16.6. The summed E-state index contributed by atoms with van der Waals surface area (Å²) in [4.78, 5) is 24.7. The maximum absolute atomic E-state index is 12.4. The molecule has 0 heterocycles. The van der Waals surface area contributed by atoms with Crippen LogP contribution in [0.2, 0.25) is 0 Å². The van der Waals surface area contributed by atoms with Gasteiger partial charge in [-0.1, -0.05) is 6.07 Å². The fraction of sp³-hybridized carbons (Fsp3) is 0.652. The average Bonchev–Trinajstić information content (AvgIpc) is 3.07. The summed E-state index contributed by atoms with van der Waals surface area (Å²) in [6, 6.07) is 6.09. The van der Waals surface area contributed by atoms with E-state index in [0.717, 1.165) is 55.5 Å². The molecule has 150 valence electrons. The number of amides is 3. The summed E-state index contributed by atoms with van der Waals surface area (Å²) >= 11 is 0. The van der Waals surface area contributed by atoms with Gasteiger partial charge in [0.15, 0.2) is 0 Å². The highest BCUT2D eigenvalue weighted by atomic mass is 16.2. The second-order valence-electron chi connectivity index (χ2n) is 9.71. The van der Waals surface area contributed by atoms with Crippen molar-refractivity contribution in [1.29, 1.82) is 0 Å². The summed E-state index contributed by atoms with van der Waals surface area (Å²) in [6.07, 6.45) is 11.3. The van der Waals surface area contributed by atoms with Crippen LogP contribution in [0.1, 0.15) is 62.5 Å². The fourth-order valence-corrected chi connectivity index (χ4v) is 6.71. The number of carbonyl (C=O) groups is 2. The number of aryl methyl sites for hydroxylation is 2. The molecular weight excluding hydrogens is 350 g/mol. The molecule has 0 aliphatic heterocycles. The zero-order valence-electron chi connectivity index (χ0n) is 16.6. The van der Waals surface area contributed by atoms with Crippen molar-refractivity contribution in [2.24, 2.45) is 17.8 Å². The van der Waals surface area contributed by atoms with E-state index in [1.807, 2.05) is 6.07 Å². The molecule has 5 nitrogen and oxygen atoms in total. The van der Waals surface area contributed by atoms with Crippen LogP contribution in [0.3, 0.4) is 0 Å². The minimum absolute atomic E-state index is 0.0194. The molecule has 0 saturated heterocycles. The molecule has 6 rings (SSSR count). The average molecular weight is 382 g/mol. The van der Waals surface area contributed by atoms with Crippen LogP contribution < -0.4 is 16.0 Å². The van der Waals surface area contributed by atoms with Crippen molar-refractivity contribution in [3.63, 3.8) is 0 Å². The molecule has 5 aliphatic rings. The van der Waals surface area contributed by atoms with Gasteiger partial charge in [0, 0.05) is 24.2 Å². The lowest BCUT2D eigenvalue weighted by Gasteiger charge is -2.56. The van der Waals surface area contributed by atoms with Gasteiger partial charge in [-0.25, -0.2) is 4.79 Å². The molecule has 4 saturated carbocycles. The molecule has 4 fully saturated rings. The third-order valence-electron chi connectivity index (χ3n) is 7.44. The van der Waals surface area contributed by atoms with Gasteiger partial charge in [-0.05, 0) is 98.8 Å². The van der Waals surface area contributed by atoms with E-state index in [2.05, 4.69) is 28.1 Å². The minimum atomic E-state index is -0.104. The first kappa shape index (κ1) is 18.0. The van der Waals surface area contributed by atoms with Gasteiger partial charge in [0.05, 0.1) is 0 Å². The Labute approximate surface area is 167 Å². The van der Waals surface area contributed by atoms with Crippen molar-refractivity contribution in [2.45, 2.75) is 69.7 Å². The first-order valence-electron chi connectivity index (χ1n) is 11.0. The molecule has 3 N–H and O–H groups in total. The molecule has 5 aliphatic carbocycles. The summed E-state index contributed by atoms with van der Waals surface area (Å²) < 4.78 is 0. The summed E-state index contributed by atoms with van der Waals surface area (Å²) in [5.74, 6) is 2.38. The predicted octanol–water partition coefficient (Wildman–Crippen LogP) is 3.77. The van der Waals surface area contributed by atoms with Gasteiger partial charge in [0.25, 0.3) is 0 Å². The summed E-state index contributed by atoms with van der Waals surface area (Å²) in [5.41, 5.74) is 3.64. The minimum Gasteiger partial charge on any atom is -0.338 e. The molecule has 0 atom stereocenters. The normalized spacial score (nSPS) is 32.1. The predicted molar refractivity (Wildman–Crippen MR) is 109 cm³/mol. The largest absolute Gasteiger partial charge is 0.338 e. The smallest absolute Gasteiger partial charge is 0.315 e. The van der Waals surface area contributed by atoms with Gasteiger partial charge in [-0.15, -0.1) is 0 Å². The van der Waals surface area contributed by atoms with E-state index in [1.165, 1.54) is 36.8 Å². The Kier molecular flexibility index (Phi) is 4.56. The van der Waals surface area contributed by atoms with Crippen molar-refractivity contribution in [1.82, 2.24) is 10.6 Å². The highest BCUT2D eigenvalue weighted by molar-refractivity contribution is 5.91. The molecule has 4 bridgehead atoms. The van der Waals surface area contributed by atoms with E-state index in [-0.39, 0.29) is 17.5 Å². The molecule has 0 spiro atoms. The number of benzene rings is 1. The van der Waals surface area contributed by atoms with E-state index in [1.54, 1.807) is 0 Å². The van der Waals surface area contributed by atoms with Crippen LogP contribution in [-0.2, 0) is 17.6 Å². The number of anilines is 1. The Hall–Kier alpha value is -2.04. The van der Waals surface area contributed by atoms with Gasteiger partial charge >= 0.3 is 6.03 Å². The van der Waals surface area contributed by atoms with Crippen LogP contribution in [0.25, 0.3) is 0 Å². The number of nitrogens with one attached hydrogen (secondary N) is 3. The van der Waals surface area contributed by atoms with Crippen molar-refractivity contribution in [3.05, 3.63) is 29.3 Å². The Morgan fingerprint density at radius 3 is 2.36 bits per heavy atom. The second-order valence-corrected chi connectivity index (χ2v) is 9.71. The lowest BCUT2D eigenvalue weighted by molar-refractivity contribution is -0.116. The number of rotatable bonds is 5. The van der Waals surface area contributed by atoms with Crippen molar-refractivity contribution >= 4 is 17.6 Å². The standard InChI is InChI=1S/C23H31N3O2/c27-21(25-20-5-4-18-2-1-3-19(18)11-20)6-7-24-22(28)26-23-12-15-8-16(13-23)10-17(9-15)14-23/h4-5,11,15-17H,1-3,6-10,12-14H2,(H,25,27)(H2,24,26,28). The topological polar surface area (TPSA) is 70.2 Å². The highest BCUT2D eigenvalue weighted by Gasteiger charge is 2.51. The van der Waals surface area contributed by atoms with Crippen LogP contribution in [0.5, 0.6) is 0 Å². The molecule has 3 amide bonds. The Morgan fingerprint density at radius 2 is 1.64 bits per heavy atom. The van der Waals surface area contributed by atoms with Gasteiger partial charge in [-0.2, -0.15) is 0 Å². The summed E-state index contributed by atoms with van der Waals surface area (Å²) in [6.45, 7) is 0.370. The lowest BCUT2D eigenvalue weighted by atomic mass is 9.53. The van der Waals surface area contributed by atoms with Crippen LogP contribution in [-0.4, -0.2) is 24.0 Å². The van der Waals surface area contributed by atoms with Gasteiger partial charge in [0.2, 0.25) is 5.91 Å². The molecule has 28 heavy (non-hydrogen) atoms. The third-order valence-corrected chi connectivity index (χ3v) is 7.44. The molecule has 1 aromatic carbocycles. The second kappa shape index (κ2) is 7.09. The molecule has 0 unspecified atom stereocenters. The van der Waals surface area contributed by atoms with Crippen LogP contribution in [0.15, 0.2) is 18.2 Å². The first-order chi connectivity index (χ1) is 13.6. The first-order valence-corrected chi connectivity index (χ1v) is 11.0. The van der Waals surface area contributed by atoms with Gasteiger partial charge in [-0.3, -0.25) is 4.79 Å². The molecular formula is C23H31N3O2. The van der Waals surface area contributed by atoms with E-state index in [0.29, 0.717) is 13.0 Å². The maximum Gasteiger partial charge on any atom is 0.315 e. The van der Waals surface area contributed by atoms with Gasteiger partial charge < -0.3 is 16.0 Å². The third kappa shape index (κ3) is 3.63. The fourth-order valence-electron chi connectivity index (χ4n) is 6.71. The van der Waals surface area contributed by atoms with Crippen LogP contribution in [0, 0.1) is 17.8 Å². The van der Waals surface area contributed by atoms with E-state index in [4.69, 9.17) is 0 Å². The summed E-state index contributed by atoms with van der Waals surface area (Å²) in [7, 11) is 0. The van der Waals surface area contributed by atoms with Gasteiger partial charge in [0.1, 0.15) is 0 Å². The lowest BCUT2D eigenvalue weighted by Crippen LogP contribution is -2.61.